The molecule has 3 rings (SSSR count). The highest BCUT2D eigenvalue weighted by Gasteiger charge is 2.24. The Morgan fingerprint density at radius 2 is 2.00 bits per heavy atom. The number of aryl methyl sites for hydroxylation is 1. The first kappa shape index (κ1) is 24.5. The van der Waals surface area contributed by atoms with Crippen molar-refractivity contribution in [1.29, 1.82) is 0 Å². The van der Waals surface area contributed by atoms with Crippen molar-refractivity contribution in [2.45, 2.75) is 26.4 Å². The highest BCUT2D eigenvalue weighted by molar-refractivity contribution is 7.15. The molecule has 174 valence electrons. The first-order valence-corrected chi connectivity index (χ1v) is 10.9. The zero-order valence-electron chi connectivity index (χ0n) is 17.4. The Labute approximate surface area is 196 Å². The van der Waals surface area contributed by atoms with E-state index in [0.717, 1.165) is 29.5 Å². The standard InChI is InChI=1S/C22H18ClF3N2O4S/c1-3-17-19(22(30)31)28-21(33-17)11-8-16(32-10(2)9-24)12(7-15(11)26)20(29)27-18-13(23)5-4-6-14(18)25/h4-8,10H,3,9H2,1-2H3,(H,27,29)(H,30,31)/t10-/m0/s1. The molecule has 1 aromatic heterocycles. The number of alkyl halides is 1. The fraction of sp³-hybridized carbons (Fsp3) is 0.227. The van der Waals surface area contributed by atoms with Crippen molar-refractivity contribution in [1.82, 2.24) is 4.98 Å². The minimum absolute atomic E-state index is 0.0589. The van der Waals surface area contributed by atoms with E-state index in [1.165, 1.54) is 19.1 Å². The van der Waals surface area contributed by atoms with Crippen LogP contribution in [0.4, 0.5) is 18.9 Å². The number of hydrogen-bond acceptors (Lipinski definition) is 5. The summed E-state index contributed by atoms with van der Waals surface area (Å²) in [5.41, 5.74) is -0.963. The molecule has 0 saturated heterocycles. The monoisotopic (exact) mass is 498 g/mol. The predicted molar refractivity (Wildman–Crippen MR) is 119 cm³/mol. The number of rotatable bonds is 8. The maximum Gasteiger partial charge on any atom is 0.355 e. The lowest BCUT2D eigenvalue weighted by atomic mass is 10.1. The van der Waals surface area contributed by atoms with Crippen molar-refractivity contribution in [3.05, 3.63) is 63.1 Å². The van der Waals surface area contributed by atoms with Crippen LogP contribution in [0.3, 0.4) is 0 Å². The second-order valence-electron chi connectivity index (χ2n) is 6.91. The molecule has 1 atom stereocenters. The Morgan fingerprint density at radius 1 is 1.27 bits per heavy atom. The van der Waals surface area contributed by atoms with Gasteiger partial charge in [0.15, 0.2) is 5.69 Å². The highest BCUT2D eigenvalue weighted by Crippen LogP contribution is 2.36. The number of carbonyl (C=O) groups excluding carboxylic acids is 1. The van der Waals surface area contributed by atoms with Crippen molar-refractivity contribution in [2.75, 3.05) is 12.0 Å². The van der Waals surface area contributed by atoms with Crippen LogP contribution in [0.15, 0.2) is 30.3 Å². The Bertz CT molecular complexity index is 1200. The second kappa shape index (κ2) is 10.2. The summed E-state index contributed by atoms with van der Waals surface area (Å²) < 4.78 is 47.7. The topological polar surface area (TPSA) is 88.5 Å². The predicted octanol–water partition coefficient (Wildman–Crippen LogP) is 5.99. The Hall–Kier alpha value is -3.11. The summed E-state index contributed by atoms with van der Waals surface area (Å²) in [5, 5.41) is 11.6. The van der Waals surface area contributed by atoms with Crippen molar-refractivity contribution >= 4 is 40.5 Å². The van der Waals surface area contributed by atoms with Crippen LogP contribution in [0.1, 0.15) is 39.6 Å². The summed E-state index contributed by atoms with van der Waals surface area (Å²) in [5.74, 6) is -4.08. The molecule has 0 aliphatic heterocycles. The summed E-state index contributed by atoms with van der Waals surface area (Å²) in [4.78, 5) is 28.7. The van der Waals surface area contributed by atoms with Gasteiger partial charge in [0.1, 0.15) is 35.2 Å². The molecular formula is C22H18ClF3N2O4S. The van der Waals surface area contributed by atoms with Gasteiger partial charge in [0, 0.05) is 10.4 Å². The molecule has 1 amide bonds. The van der Waals surface area contributed by atoms with Crippen LogP contribution in [0.2, 0.25) is 5.02 Å². The number of nitrogens with one attached hydrogen (secondary N) is 1. The number of thiazole rings is 1. The molecule has 0 saturated carbocycles. The second-order valence-corrected chi connectivity index (χ2v) is 8.40. The van der Waals surface area contributed by atoms with Gasteiger partial charge < -0.3 is 15.2 Å². The van der Waals surface area contributed by atoms with Gasteiger partial charge in [-0.2, -0.15) is 0 Å². The molecule has 0 aliphatic carbocycles. The van der Waals surface area contributed by atoms with Gasteiger partial charge >= 0.3 is 5.97 Å². The van der Waals surface area contributed by atoms with Crippen LogP contribution >= 0.6 is 22.9 Å². The molecule has 6 nitrogen and oxygen atoms in total. The summed E-state index contributed by atoms with van der Waals surface area (Å²) in [7, 11) is 0. The van der Waals surface area contributed by atoms with Crippen molar-refractivity contribution in [3.63, 3.8) is 0 Å². The number of halogens is 4. The zero-order chi connectivity index (χ0) is 24.3. The molecule has 3 aromatic rings. The van der Waals surface area contributed by atoms with Gasteiger partial charge in [-0.05, 0) is 37.6 Å². The number of anilines is 1. The number of carboxylic acid groups (broad SMARTS) is 1. The van der Waals surface area contributed by atoms with E-state index in [9.17, 15) is 23.5 Å². The Morgan fingerprint density at radius 3 is 2.58 bits per heavy atom. The third-order valence-corrected chi connectivity index (χ3v) is 6.06. The fourth-order valence-electron chi connectivity index (χ4n) is 2.91. The van der Waals surface area contributed by atoms with Crippen molar-refractivity contribution in [3.8, 4) is 16.3 Å². The maximum absolute atomic E-state index is 15.0. The number of aromatic carboxylic acids is 1. The first-order valence-electron chi connectivity index (χ1n) is 9.71. The van der Waals surface area contributed by atoms with Crippen LogP contribution in [0.25, 0.3) is 10.6 Å². The largest absolute Gasteiger partial charge is 0.487 e. The summed E-state index contributed by atoms with van der Waals surface area (Å²) >= 11 is 6.92. The summed E-state index contributed by atoms with van der Waals surface area (Å²) in [6.45, 7) is 2.24. The van der Waals surface area contributed by atoms with E-state index < -0.39 is 36.3 Å². The number of ether oxygens (including phenoxy) is 1. The maximum atomic E-state index is 15.0. The number of para-hydroxylation sites is 1. The molecule has 2 aromatic carbocycles. The average Bonchev–Trinajstić information content (AvgIpc) is 3.21. The Balaban J connectivity index is 2.09. The van der Waals surface area contributed by atoms with Crippen LogP contribution < -0.4 is 10.1 Å². The molecule has 0 radical (unpaired) electrons. The molecule has 1 heterocycles. The van der Waals surface area contributed by atoms with Gasteiger partial charge in [0.2, 0.25) is 0 Å². The number of hydrogen-bond donors (Lipinski definition) is 2. The van der Waals surface area contributed by atoms with E-state index >= 15 is 4.39 Å². The van der Waals surface area contributed by atoms with Crippen LogP contribution in [-0.2, 0) is 6.42 Å². The van der Waals surface area contributed by atoms with E-state index in [4.69, 9.17) is 16.3 Å². The number of aromatic nitrogens is 1. The zero-order valence-corrected chi connectivity index (χ0v) is 19.0. The molecule has 0 unspecified atom stereocenters. The molecule has 2 N–H and O–H groups in total. The smallest absolute Gasteiger partial charge is 0.355 e. The van der Waals surface area contributed by atoms with Crippen LogP contribution in [-0.4, -0.2) is 34.7 Å². The summed E-state index contributed by atoms with van der Waals surface area (Å²) in [6.07, 6.45) is -0.614. The minimum Gasteiger partial charge on any atom is -0.487 e. The minimum atomic E-state index is -1.25. The fourth-order valence-corrected chi connectivity index (χ4v) is 4.13. The van der Waals surface area contributed by atoms with E-state index in [-0.39, 0.29) is 38.3 Å². The SMILES string of the molecule is CCc1sc(-c2cc(O[C@@H](C)CF)c(C(=O)Nc3c(F)cccc3Cl)cc2F)nc1C(=O)O. The molecular weight excluding hydrogens is 481 g/mol. The lowest BCUT2D eigenvalue weighted by Gasteiger charge is -2.17. The van der Waals surface area contributed by atoms with Crippen LogP contribution in [0.5, 0.6) is 5.75 Å². The number of carboxylic acids is 1. The van der Waals surface area contributed by atoms with Crippen molar-refractivity contribution in [2.24, 2.45) is 0 Å². The molecule has 11 heteroatoms. The molecule has 0 fully saturated rings. The van der Waals surface area contributed by atoms with Gasteiger partial charge in [-0.3, -0.25) is 4.79 Å². The highest BCUT2D eigenvalue weighted by atomic mass is 35.5. The number of nitrogens with zero attached hydrogens (tertiary/aromatic N) is 1. The molecule has 0 bridgehead atoms. The number of amides is 1. The lowest BCUT2D eigenvalue weighted by molar-refractivity contribution is 0.0690. The van der Waals surface area contributed by atoms with E-state index in [1.807, 2.05) is 0 Å². The van der Waals surface area contributed by atoms with E-state index in [0.29, 0.717) is 11.3 Å². The van der Waals surface area contributed by atoms with Gasteiger partial charge in [-0.25, -0.2) is 22.9 Å². The van der Waals surface area contributed by atoms with E-state index in [1.54, 1.807) is 6.92 Å². The normalized spacial score (nSPS) is 11.8. The van der Waals surface area contributed by atoms with Gasteiger partial charge in [0.25, 0.3) is 5.91 Å². The lowest BCUT2D eigenvalue weighted by Crippen LogP contribution is -2.19. The molecule has 0 spiro atoms. The van der Waals surface area contributed by atoms with Gasteiger partial charge in [0.05, 0.1) is 16.3 Å². The Kier molecular flexibility index (Phi) is 7.60. The van der Waals surface area contributed by atoms with Crippen LogP contribution in [0, 0.1) is 11.6 Å². The average molecular weight is 499 g/mol. The molecule has 0 aliphatic rings. The first-order chi connectivity index (χ1) is 15.7. The number of benzene rings is 2. The van der Waals surface area contributed by atoms with Gasteiger partial charge in [-0.1, -0.05) is 24.6 Å². The number of carbonyl (C=O) groups is 2. The molecule has 33 heavy (non-hydrogen) atoms. The van der Waals surface area contributed by atoms with E-state index in [2.05, 4.69) is 10.3 Å². The van der Waals surface area contributed by atoms with Crippen molar-refractivity contribution < 1.29 is 32.6 Å². The summed E-state index contributed by atoms with van der Waals surface area (Å²) in [6, 6.07) is 5.78. The van der Waals surface area contributed by atoms with Gasteiger partial charge in [-0.15, -0.1) is 11.3 Å². The third kappa shape index (κ3) is 5.28. The third-order valence-electron chi connectivity index (χ3n) is 4.51. The quantitative estimate of drug-likeness (QED) is 0.398.